The Morgan fingerprint density at radius 1 is 1.15 bits per heavy atom. The molecule has 0 atom stereocenters. The van der Waals surface area contributed by atoms with Gasteiger partial charge in [0.25, 0.3) is 5.91 Å². The fourth-order valence-electron chi connectivity index (χ4n) is 3.29. The second-order valence-electron chi connectivity index (χ2n) is 7.26. The largest absolute Gasteiger partial charge is 0.363 e. The SMILES string of the molecule is Cc1cc(C(=O)NC2CCC(Nc3nccc(N(C)C)n3)CC2)ccc1Br. The standard InChI is InChI=1S/C20H26BrN5O/c1-13-12-14(4-9-17(13)21)19(27)23-15-5-7-16(8-6-15)24-20-22-11-10-18(25-20)26(2)3/h4,9-12,15-16H,5-8H2,1-3H3,(H,23,27)(H,22,24,25). The number of nitrogens with zero attached hydrogens (tertiary/aromatic N) is 3. The number of aryl methyl sites for hydroxylation is 1. The molecule has 1 aliphatic carbocycles. The highest BCUT2D eigenvalue weighted by Gasteiger charge is 2.23. The second kappa shape index (κ2) is 8.69. The number of rotatable bonds is 5. The van der Waals surface area contributed by atoms with Crippen molar-refractivity contribution in [3.8, 4) is 0 Å². The van der Waals surface area contributed by atoms with Crippen LogP contribution in [-0.2, 0) is 0 Å². The van der Waals surface area contributed by atoms with E-state index in [4.69, 9.17) is 0 Å². The number of carbonyl (C=O) groups is 1. The molecule has 2 N–H and O–H groups in total. The Kier molecular flexibility index (Phi) is 6.31. The van der Waals surface area contributed by atoms with Gasteiger partial charge < -0.3 is 15.5 Å². The van der Waals surface area contributed by atoms with Crippen LogP contribution in [-0.4, -0.2) is 42.1 Å². The normalized spacial score (nSPS) is 19.4. The summed E-state index contributed by atoms with van der Waals surface area (Å²) in [5.41, 5.74) is 1.78. The van der Waals surface area contributed by atoms with Crippen molar-refractivity contribution >= 4 is 33.6 Å². The molecule has 0 unspecified atom stereocenters. The zero-order valence-corrected chi connectivity index (χ0v) is 17.6. The van der Waals surface area contributed by atoms with Gasteiger partial charge in [0.05, 0.1) is 0 Å². The van der Waals surface area contributed by atoms with Crippen molar-refractivity contribution in [1.29, 1.82) is 0 Å². The van der Waals surface area contributed by atoms with Gasteiger partial charge in [0, 0.05) is 42.4 Å². The van der Waals surface area contributed by atoms with Crippen LogP contribution in [0.5, 0.6) is 0 Å². The molecule has 6 nitrogen and oxygen atoms in total. The Morgan fingerprint density at radius 2 is 1.85 bits per heavy atom. The Balaban J connectivity index is 1.50. The quantitative estimate of drug-likeness (QED) is 0.753. The first-order valence-corrected chi connectivity index (χ1v) is 10.1. The van der Waals surface area contributed by atoms with Crippen LogP contribution in [0.25, 0.3) is 0 Å². The lowest BCUT2D eigenvalue weighted by molar-refractivity contribution is 0.0926. The molecule has 7 heteroatoms. The molecule has 0 saturated heterocycles. The Labute approximate surface area is 168 Å². The molecular weight excluding hydrogens is 406 g/mol. The topological polar surface area (TPSA) is 70.2 Å². The lowest BCUT2D eigenvalue weighted by Crippen LogP contribution is -2.40. The van der Waals surface area contributed by atoms with Gasteiger partial charge in [-0.25, -0.2) is 4.98 Å². The first-order chi connectivity index (χ1) is 12.9. The molecular formula is C20H26BrN5O. The summed E-state index contributed by atoms with van der Waals surface area (Å²) >= 11 is 3.47. The Bertz CT molecular complexity index is 803. The first-order valence-electron chi connectivity index (χ1n) is 9.26. The molecule has 1 aliphatic rings. The summed E-state index contributed by atoms with van der Waals surface area (Å²) in [5, 5.41) is 6.60. The van der Waals surface area contributed by atoms with E-state index in [-0.39, 0.29) is 11.9 Å². The summed E-state index contributed by atoms with van der Waals surface area (Å²) in [6.07, 6.45) is 5.65. The van der Waals surface area contributed by atoms with Crippen LogP contribution in [0.2, 0.25) is 0 Å². The van der Waals surface area contributed by atoms with E-state index in [2.05, 4.69) is 36.5 Å². The molecule has 1 aromatic carbocycles. The van der Waals surface area contributed by atoms with E-state index in [9.17, 15) is 4.79 Å². The van der Waals surface area contributed by atoms with Crippen LogP contribution in [0.1, 0.15) is 41.6 Å². The number of benzene rings is 1. The van der Waals surface area contributed by atoms with E-state index in [1.807, 2.05) is 50.2 Å². The van der Waals surface area contributed by atoms with Crippen LogP contribution in [0.15, 0.2) is 34.9 Å². The maximum atomic E-state index is 12.5. The summed E-state index contributed by atoms with van der Waals surface area (Å²) in [6.45, 7) is 1.99. The van der Waals surface area contributed by atoms with E-state index in [1.165, 1.54) is 0 Å². The number of amides is 1. The fraction of sp³-hybridized carbons (Fsp3) is 0.450. The van der Waals surface area contributed by atoms with Crippen LogP contribution in [0.3, 0.4) is 0 Å². The number of anilines is 2. The number of hydrogen-bond donors (Lipinski definition) is 2. The van der Waals surface area contributed by atoms with Crippen molar-refractivity contribution in [3.63, 3.8) is 0 Å². The zero-order chi connectivity index (χ0) is 19.4. The summed E-state index contributed by atoms with van der Waals surface area (Å²) in [6, 6.07) is 8.14. The molecule has 27 heavy (non-hydrogen) atoms. The highest BCUT2D eigenvalue weighted by Crippen LogP contribution is 2.23. The van der Waals surface area contributed by atoms with Crippen molar-refractivity contribution < 1.29 is 4.79 Å². The Morgan fingerprint density at radius 3 is 2.52 bits per heavy atom. The highest BCUT2D eigenvalue weighted by atomic mass is 79.9. The predicted octanol–water partition coefficient (Wildman–Crippen LogP) is 3.77. The second-order valence-corrected chi connectivity index (χ2v) is 8.12. The van der Waals surface area contributed by atoms with Gasteiger partial charge in [0.1, 0.15) is 5.82 Å². The van der Waals surface area contributed by atoms with Gasteiger partial charge in [-0.1, -0.05) is 15.9 Å². The monoisotopic (exact) mass is 431 g/mol. The minimum absolute atomic E-state index is 0.00373. The van der Waals surface area contributed by atoms with Crippen LogP contribution >= 0.6 is 15.9 Å². The molecule has 1 aromatic heterocycles. The van der Waals surface area contributed by atoms with Crippen LogP contribution in [0, 0.1) is 6.92 Å². The smallest absolute Gasteiger partial charge is 0.251 e. The summed E-state index contributed by atoms with van der Waals surface area (Å²) < 4.78 is 1.02. The van der Waals surface area contributed by atoms with Crippen molar-refractivity contribution in [2.24, 2.45) is 0 Å². The number of carbonyl (C=O) groups excluding carboxylic acids is 1. The zero-order valence-electron chi connectivity index (χ0n) is 16.0. The Hall–Kier alpha value is -2.15. The maximum absolute atomic E-state index is 12.5. The van der Waals surface area contributed by atoms with Crippen molar-refractivity contribution in [2.45, 2.75) is 44.7 Å². The third kappa shape index (κ3) is 5.19. The molecule has 144 valence electrons. The van der Waals surface area contributed by atoms with Crippen molar-refractivity contribution in [3.05, 3.63) is 46.1 Å². The third-order valence-electron chi connectivity index (χ3n) is 4.91. The fourth-order valence-corrected chi connectivity index (χ4v) is 3.53. The van der Waals surface area contributed by atoms with E-state index < -0.39 is 0 Å². The molecule has 0 bridgehead atoms. The molecule has 0 radical (unpaired) electrons. The molecule has 1 fully saturated rings. The minimum Gasteiger partial charge on any atom is -0.363 e. The van der Waals surface area contributed by atoms with E-state index in [0.29, 0.717) is 17.6 Å². The number of aromatic nitrogens is 2. The molecule has 2 aromatic rings. The molecule has 0 spiro atoms. The van der Waals surface area contributed by atoms with Gasteiger partial charge in [-0.2, -0.15) is 4.98 Å². The summed E-state index contributed by atoms with van der Waals surface area (Å²) in [4.78, 5) is 23.3. The highest BCUT2D eigenvalue weighted by molar-refractivity contribution is 9.10. The van der Waals surface area contributed by atoms with Gasteiger partial charge >= 0.3 is 0 Å². The lowest BCUT2D eigenvalue weighted by atomic mass is 9.91. The summed E-state index contributed by atoms with van der Waals surface area (Å²) in [7, 11) is 3.93. The predicted molar refractivity (Wildman–Crippen MR) is 112 cm³/mol. The molecule has 0 aliphatic heterocycles. The average Bonchev–Trinajstić information content (AvgIpc) is 2.65. The van der Waals surface area contributed by atoms with Gasteiger partial charge in [-0.3, -0.25) is 4.79 Å². The van der Waals surface area contributed by atoms with E-state index >= 15 is 0 Å². The molecule has 1 amide bonds. The first kappa shape index (κ1) is 19.6. The molecule has 1 heterocycles. The molecule has 3 rings (SSSR count). The van der Waals surface area contributed by atoms with Gasteiger partial charge in [0.15, 0.2) is 0 Å². The number of halogens is 1. The van der Waals surface area contributed by atoms with Crippen LogP contribution in [0.4, 0.5) is 11.8 Å². The van der Waals surface area contributed by atoms with Gasteiger partial charge in [-0.15, -0.1) is 0 Å². The van der Waals surface area contributed by atoms with Gasteiger partial charge in [0.2, 0.25) is 5.95 Å². The van der Waals surface area contributed by atoms with Crippen molar-refractivity contribution in [2.75, 3.05) is 24.3 Å². The van der Waals surface area contributed by atoms with Crippen molar-refractivity contribution in [1.82, 2.24) is 15.3 Å². The summed E-state index contributed by atoms with van der Waals surface area (Å²) in [5.74, 6) is 1.56. The number of hydrogen-bond acceptors (Lipinski definition) is 5. The lowest BCUT2D eigenvalue weighted by Gasteiger charge is -2.29. The minimum atomic E-state index is 0.00373. The molecule has 1 saturated carbocycles. The van der Waals surface area contributed by atoms with Gasteiger partial charge in [-0.05, 0) is 62.4 Å². The maximum Gasteiger partial charge on any atom is 0.251 e. The van der Waals surface area contributed by atoms with Crippen LogP contribution < -0.4 is 15.5 Å². The average molecular weight is 432 g/mol. The van der Waals surface area contributed by atoms with E-state index in [1.54, 1.807) is 6.20 Å². The van der Waals surface area contributed by atoms with E-state index in [0.717, 1.165) is 41.5 Å². The number of nitrogens with one attached hydrogen (secondary N) is 2. The third-order valence-corrected chi connectivity index (χ3v) is 5.80.